The van der Waals surface area contributed by atoms with Gasteiger partial charge in [0, 0.05) is 31.1 Å². The fraction of sp³-hybridized carbons (Fsp3) is 0.200. The molecule has 0 unspecified atom stereocenters. The number of H-pyrrole nitrogens is 1. The molecule has 1 aromatic heterocycles. The van der Waals surface area contributed by atoms with Gasteiger partial charge in [-0.25, -0.2) is 0 Å². The van der Waals surface area contributed by atoms with Gasteiger partial charge >= 0.3 is 0 Å². The van der Waals surface area contributed by atoms with Gasteiger partial charge in [-0.15, -0.1) is 0 Å². The van der Waals surface area contributed by atoms with E-state index in [1.807, 2.05) is 38.4 Å². The third-order valence-electron chi connectivity index (χ3n) is 4.19. The van der Waals surface area contributed by atoms with Gasteiger partial charge in [-0.1, -0.05) is 23.7 Å². The second-order valence-electron chi connectivity index (χ2n) is 6.79. The van der Waals surface area contributed by atoms with Crippen molar-refractivity contribution in [3.05, 3.63) is 58.7 Å². The third-order valence-corrected chi connectivity index (χ3v) is 4.50. The maximum absolute atomic E-state index is 12.4. The lowest BCUT2D eigenvalue weighted by Crippen LogP contribution is -2.38. The van der Waals surface area contributed by atoms with Gasteiger partial charge in [0.2, 0.25) is 0 Å². The van der Waals surface area contributed by atoms with Crippen molar-refractivity contribution in [1.82, 2.24) is 14.8 Å². The standard InChI is InChI=1S/C20H22ClN5O2/c1-25(2)11-12-5-4-6-13(7-12)28-14-8-16(21)15-10-18(24-17(15)9-14)19(27)26(3)20(22)23/h4-10,24H,11H2,1-3H3,(H3,22,23). The van der Waals surface area contributed by atoms with Crippen LogP contribution in [0.2, 0.25) is 5.02 Å². The number of halogens is 1. The third kappa shape index (κ3) is 4.27. The number of guanidine groups is 1. The Bertz CT molecular complexity index is 1040. The lowest BCUT2D eigenvalue weighted by molar-refractivity contribution is 0.0864. The van der Waals surface area contributed by atoms with Crippen LogP contribution in [-0.4, -0.2) is 47.8 Å². The van der Waals surface area contributed by atoms with Crippen LogP contribution in [0.3, 0.4) is 0 Å². The molecular weight excluding hydrogens is 378 g/mol. The van der Waals surface area contributed by atoms with E-state index in [1.54, 1.807) is 18.2 Å². The maximum Gasteiger partial charge on any atom is 0.276 e. The molecule has 0 atom stereocenters. The SMILES string of the molecule is CN(C)Cc1cccc(Oc2cc(Cl)c3cc(C(=O)N(C)C(=N)N)[nH]c3c2)c1. The molecule has 28 heavy (non-hydrogen) atoms. The van der Waals surface area contributed by atoms with Crippen molar-refractivity contribution >= 4 is 34.4 Å². The topological polar surface area (TPSA) is 98.4 Å². The summed E-state index contributed by atoms with van der Waals surface area (Å²) >= 11 is 6.39. The minimum absolute atomic E-state index is 0.291. The van der Waals surface area contributed by atoms with Gasteiger partial charge in [0.25, 0.3) is 5.91 Å². The first-order valence-electron chi connectivity index (χ1n) is 8.60. The molecule has 0 spiro atoms. The zero-order chi connectivity index (χ0) is 20.4. The zero-order valence-corrected chi connectivity index (χ0v) is 16.7. The predicted molar refractivity (Wildman–Crippen MR) is 111 cm³/mol. The number of fused-ring (bicyclic) bond motifs is 1. The van der Waals surface area contributed by atoms with E-state index < -0.39 is 5.91 Å². The van der Waals surface area contributed by atoms with E-state index in [1.165, 1.54) is 7.05 Å². The number of nitrogens with zero attached hydrogens (tertiary/aromatic N) is 2. The van der Waals surface area contributed by atoms with E-state index in [0.717, 1.165) is 17.0 Å². The summed E-state index contributed by atoms with van der Waals surface area (Å²) in [5.41, 5.74) is 7.46. The van der Waals surface area contributed by atoms with Crippen molar-refractivity contribution in [3.63, 3.8) is 0 Å². The van der Waals surface area contributed by atoms with E-state index in [2.05, 4.69) is 9.88 Å². The molecule has 1 amide bonds. The van der Waals surface area contributed by atoms with Crippen molar-refractivity contribution in [2.24, 2.45) is 5.73 Å². The summed E-state index contributed by atoms with van der Waals surface area (Å²) in [4.78, 5) is 18.5. The van der Waals surface area contributed by atoms with Crippen LogP contribution in [0.4, 0.5) is 0 Å². The molecule has 8 heteroatoms. The number of benzene rings is 2. The molecule has 146 valence electrons. The molecule has 4 N–H and O–H groups in total. The molecule has 0 saturated carbocycles. The van der Waals surface area contributed by atoms with Gasteiger partial charge < -0.3 is 20.4 Å². The molecule has 0 saturated heterocycles. The molecule has 1 heterocycles. The average Bonchev–Trinajstić information content (AvgIpc) is 3.04. The average molecular weight is 400 g/mol. The van der Waals surface area contributed by atoms with Crippen LogP contribution in [0.25, 0.3) is 10.9 Å². The molecule has 0 aliphatic carbocycles. The first kappa shape index (κ1) is 19.7. The lowest BCUT2D eigenvalue weighted by Gasteiger charge is -2.12. The highest BCUT2D eigenvalue weighted by Gasteiger charge is 2.18. The minimum atomic E-state index is -0.418. The van der Waals surface area contributed by atoms with Crippen LogP contribution in [0.1, 0.15) is 16.1 Å². The number of nitrogens with one attached hydrogen (secondary N) is 2. The van der Waals surface area contributed by atoms with E-state index in [-0.39, 0.29) is 5.96 Å². The number of nitrogens with two attached hydrogens (primary N) is 1. The van der Waals surface area contributed by atoms with Gasteiger partial charge in [-0.05, 0) is 37.9 Å². The summed E-state index contributed by atoms with van der Waals surface area (Å²) in [5.74, 6) is 0.504. The van der Waals surface area contributed by atoms with Crippen LogP contribution < -0.4 is 10.5 Å². The molecule has 0 fully saturated rings. The molecule has 3 aromatic rings. The Morgan fingerprint density at radius 2 is 1.93 bits per heavy atom. The van der Waals surface area contributed by atoms with Gasteiger partial charge in [0.15, 0.2) is 5.96 Å². The molecule has 0 aliphatic rings. The number of aromatic nitrogens is 1. The summed E-state index contributed by atoms with van der Waals surface area (Å²) in [5, 5.41) is 8.54. The largest absolute Gasteiger partial charge is 0.457 e. The van der Waals surface area contributed by atoms with Gasteiger partial charge in [0.05, 0.1) is 10.5 Å². The monoisotopic (exact) mass is 399 g/mol. The number of ether oxygens (including phenoxy) is 1. The minimum Gasteiger partial charge on any atom is -0.457 e. The lowest BCUT2D eigenvalue weighted by atomic mass is 10.2. The number of carbonyl (C=O) groups excluding carboxylic acids is 1. The first-order valence-corrected chi connectivity index (χ1v) is 8.98. The molecular formula is C20H22ClN5O2. The Morgan fingerprint density at radius 1 is 1.18 bits per heavy atom. The molecule has 2 aromatic carbocycles. The highest BCUT2D eigenvalue weighted by Crippen LogP contribution is 2.32. The first-order chi connectivity index (χ1) is 13.2. The summed E-state index contributed by atoms with van der Waals surface area (Å²) in [6, 6.07) is 13.0. The molecule has 0 aliphatic heterocycles. The van der Waals surface area contributed by atoms with Crippen molar-refractivity contribution in [3.8, 4) is 11.5 Å². The predicted octanol–water partition coefficient (Wildman–Crippen LogP) is 3.64. The Kier molecular flexibility index (Phi) is 5.58. The summed E-state index contributed by atoms with van der Waals surface area (Å²) in [6.07, 6.45) is 0. The number of hydrogen-bond acceptors (Lipinski definition) is 4. The molecule has 7 nitrogen and oxygen atoms in total. The van der Waals surface area contributed by atoms with Crippen molar-refractivity contribution in [1.29, 1.82) is 5.41 Å². The zero-order valence-electron chi connectivity index (χ0n) is 15.9. The van der Waals surface area contributed by atoms with Crippen LogP contribution in [0.15, 0.2) is 42.5 Å². The van der Waals surface area contributed by atoms with Gasteiger partial charge in [-0.3, -0.25) is 15.1 Å². The number of aromatic amines is 1. The Balaban J connectivity index is 1.90. The quantitative estimate of drug-likeness (QED) is 0.450. The smallest absolute Gasteiger partial charge is 0.276 e. The Morgan fingerprint density at radius 3 is 2.61 bits per heavy atom. The fourth-order valence-corrected chi connectivity index (χ4v) is 3.11. The summed E-state index contributed by atoms with van der Waals surface area (Å²) < 4.78 is 5.97. The van der Waals surface area contributed by atoms with Crippen LogP contribution >= 0.6 is 11.6 Å². The van der Waals surface area contributed by atoms with E-state index in [4.69, 9.17) is 27.5 Å². The van der Waals surface area contributed by atoms with E-state index in [0.29, 0.717) is 33.1 Å². The number of rotatable bonds is 5. The van der Waals surface area contributed by atoms with E-state index >= 15 is 0 Å². The van der Waals surface area contributed by atoms with Gasteiger partial charge in [-0.2, -0.15) is 0 Å². The second kappa shape index (κ2) is 7.92. The molecule has 3 rings (SSSR count). The van der Waals surface area contributed by atoms with Gasteiger partial charge in [0.1, 0.15) is 17.2 Å². The van der Waals surface area contributed by atoms with Crippen LogP contribution in [0.5, 0.6) is 11.5 Å². The van der Waals surface area contributed by atoms with Crippen molar-refractivity contribution in [2.45, 2.75) is 6.54 Å². The number of carbonyl (C=O) groups is 1. The fourth-order valence-electron chi connectivity index (χ4n) is 2.84. The highest BCUT2D eigenvalue weighted by atomic mass is 35.5. The summed E-state index contributed by atoms with van der Waals surface area (Å²) in [6.45, 7) is 0.808. The maximum atomic E-state index is 12.4. The number of amides is 1. The normalized spacial score (nSPS) is 11.0. The molecule has 0 bridgehead atoms. The van der Waals surface area contributed by atoms with E-state index in [9.17, 15) is 4.79 Å². The Hall–Kier alpha value is -3.03. The Labute approximate surface area is 168 Å². The van der Waals surface area contributed by atoms with Crippen molar-refractivity contribution in [2.75, 3.05) is 21.1 Å². The van der Waals surface area contributed by atoms with Crippen LogP contribution in [0, 0.1) is 5.41 Å². The van der Waals surface area contributed by atoms with Crippen molar-refractivity contribution < 1.29 is 9.53 Å². The number of hydrogen-bond donors (Lipinski definition) is 3. The molecule has 0 radical (unpaired) electrons. The second-order valence-corrected chi connectivity index (χ2v) is 7.19. The van der Waals surface area contributed by atoms with Crippen LogP contribution in [-0.2, 0) is 6.54 Å². The highest BCUT2D eigenvalue weighted by molar-refractivity contribution is 6.35. The summed E-state index contributed by atoms with van der Waals surface area (Å²) in [7, 11) is 5.46.